The van der Waals surface area contributed by atoms with Crippen molar-refractivity contribution in [2.75, 3.05) is 7.05 Å². The number of nitrogens with one attached hydrogen (secondary N) is 1. The lowest BCUT2D eigenvalue weighted by Gasteiger charge is -1.94. The predicted octanol–water partition coefficient (Wildman–Crippen LogP) is -0.427. The van der Waals surface area contributed by atoms with E-state index in [4.69, 9.17) is 5.26 Å². The van der Waals surface area contributed by atoms with Crippen LogP contribution in [0.15, 0.2) is 11.5 Å². The van der Waals surface area contributed by atoms with Gasteiger partial charge in [0.2, 0.25) is 10.0 Å². The number of hydrogen-bond acceptors (Lipinski definition) is 3. The molecule has 9 heavy (non-hydrogen) atoms. The summed E-state index contributed by atoms with van der Waals surface area (Å²) in [5.41, 5.74) is 0. The number of hydrogen-bond donors (Lipinski definition) is 1. The molecule has 0 aromatic heterocycles. The van der Waals surface area contributed by atoms with Crippen molar-refractivity contribution in [3.05, 3.63) is 11.5 Å². The Morgan fingerprint density at radius 2 is 2.22 bits per heavy atom. The Bertz CT molecular complexity index is 246. The number of allylic oxidation sites excluding steroid dienone is 1. The highest BCUT2D eigenvalue weighted by atomic mass is 32.2. The quantitative estimate of drug-likeness (QED) is 0.537. The van der Waals surface area contributed by atoms with Crippen LogP contribution in [0.25, 0.3) is 0 Å². The molecule has 0 heterocycles. The Morgan fingerprint density at radius 1 is 1.78 bits per heavy atom. The molecular weight excluding hydrogens is 140 g/mol. The zero-order valence-corrected chi connectivity index (χ0v) is 5.70. The number of nitrogens with zero attached hydrogens (tertiary/aromatic N) is 1. The number of rotatable bonds is 2. The molecule has 0 amide bonds. The Labute approximate surface area is 53.8 Å². The molecular formula is C4H6N2O2S. The van der Waals surface area contributed by atoms with E-state index in [9.17, 15) is 8.42 Å². The molecule has 0 rings (SSSR count). The van der Waals surface area contributed by atoms with Gasteiger partial charge in [-0.3, -0.25) is 0 Å². The van der Waals surface area contributed by atoms with E-state index in [2.05, 4.69) is 6.58 Å². The molecule has 0 fully saturated rings. The molecule has 0 radical (unpaired) electrons. The minimum absolute atomic E-state index is 0.468. The van der Waals surface area contributed by atoms with Gasteiger partial charge in [-0.2, -0.15) is 5.26 Å². The molecule has 0 unspecified atom stereocenters. The maximum Gasteiger partial charge on any atom is 0.249 e. The van der Waals surface area contributed by atoms with Gasteiger partial charge in [0.25, 0.3) is 0 Å². The third kappa shape index (κ3) is 1.83. The van der Waals surface area contributed by atoms with E-state index in [0.29, 0.717) is 0 Å². The molecule has 0 aromatic rings. The Kier molecular flexibility index (Phi) is 2.37. The second kappa shape index (κ2) is 2.62. The molecule has 4 nitrogen and oxygen atoms in total. The molecule has 0 bridgehead atoms. The van der Waals surface area contributed by atoms with Gasteiger partial charge in [0.05, 0.1) is 0 Å². The van der Waals surface area contributed by atoms with Crippen molar-refractivity contribution >= 4 is 10.0 Å². The van der Waals surface area contributed by atoms with Crippen LogP contribution >= 0.6 is 0 Å². The van der Waals surface area contributed by atoms with Gasteiger partial charge >= 0.3 is 0 Å². The van der Waals surface area contributed by atoms with Crippen LogP contribution in [-0.4, -0.2) is 15.5 Å². The highest BCUT2D eigenvalue weighted by Crippen LogP contribution is 1.95. The summed E-state index contributed by atoms with van der Waals surface area (Å²) in [6, 6.07) is 1.41. The summed E-state index contributed by atoms with van der Waals surface area (Å²) < 4.78 is 22.9. The Balaban J connectivity index is 4.63. The van der Waals surface area contributed by atoms with E-state index in [1.54, 1.807) is 0 Å². The highest BCUT2D eigenvalue weighted by molar-refractivity contribution is 7.93. The molecule has 0 saturated carbocycles. The third-order valence-electron chi connectivity index (χ3n) is 0.718. The van der Waals surface area contributed by atoms with Crippen LogP contribution in [-0.2, 0) is 10.0 Å². The van der Waals surface area contributed by atoms with Gasteiger partial charge in [-0.25, -0.2) is 13.1 Å². The highest BCUT2D eigenvalue weighted by Gasteiger charge is 2.10. The number of nitriles is 1. The summed E-state index contributed by atoms with van der Waals surface area (Å²) in [5.74, 6) is 0. The smallest absolute Gasteiger partial charge is 0.214 e. The Morgan fingerprint density at radius 3 is 2.33 bits per heavy atom. The van der Waals surface area contributed by atoms with E-state index >= 15 is 0 Å². The largest absolute Gasteiger partial charge is 0.249 e. The minimum Gasteiger partial charge on any atom is -0.214 e. The monoisotopic (exact) mass is 146 g/mol. The second-order valence-corrected chi connectivity index (χ2v) is 3.15. The lowest BCUT2D eigenvalue weighted by atomic mass is 10.7. The van der Waals surface area contributed by atoms with Gasteiger partial charge in [-0.15, -0.1) is 0 Å². The van der Waals surface area contributed by atoms with Crippen molar-refractivity contribution in [2.24, 2.45) is 0 Å². The molecule has 0 spiro atoms. The van der Waals surface area contributed by atoms with Crippen molar-refractivity contribution in [3.8, 4) is 6.07 Å². The van der Waals surface area contributed by atoms with Crippen LogP contribution in [0.5, 0.6) is 0 Å². The molecule has 0 saturated heterocycles. The maximum absolute atomic E-state index is 10.5. The topological polar surface area (TPSA) is 70.0 Å². The van der Waals surface area contributed by atoms with E-state index in [1.807, 2.05) is 4.72 Å². The SMILES string of the molecule is C=C(C#N)S(=O)(=O)NC. The normalized spacial score (nSPS) is 10.2. The van der Waals surface area contributed by atoms with Crippen LogP contribution in [0.3, 0.4) is 0 Å². The van der Waals surface area contributed by atoms with Gasteiger partial charge in [-0.05, 0) is 7.05 Å². The molecule has 1 N–H and O–H groups in total. The maximum atomic E-state index is 10.5. The molecule has 0 atom stereocenters. The Hall–Kier alpha value is -0.860. The molecule has 0 aliphatic rings. The zero-order valence-electron chi connectivity index (χ0n) is 4.88. The molecule has 5 heteroatoms. The zero-order chi connectivity index (χ0) is 7.49. The lowest BCUT2D eigenvalue weighted by molar-refractivity contribution is 0.596. The van der Waals surface area contributed by atoms with Gasteiger partial charge in [0.15, 0.2) is 4.91 Å². The fourth-order valence-corrected chi connectivity index (χ4v) is 0.550. The van der Waals surface area contributed by atoms with Crippen molar-refractivity contribution in [3.63, 3.8) is 0 Å². The first kappa shape index (κ1) is 8.14. The first-order valence-corrected chi connectivity index (χ1v) is 3.55. The van der Waals surface area contributed by atoms with Crippen LogP contribution < -0.4 is 4.72 Å². The van der Waals surface area contributed by atoms with Crippen molar-refractivity contribution < 1.29 is 8.42 Å². The van der Waals surface area contributed by atoms with Gasteiger partial charge < -0.3 is 0 Å². The predicted molar refractivity (Wildman–Crippen MR) is 32.7 cm³/mol. The average molecular weight is 146 g/mol. The summed E-state index contributed by atoms with van der Waals surface area (Å²) in [6.45, 7) is 3.00. The van der Waals surface area contributed by atoms with E-state index < -0.39 is 14.9 Å². The van der Waals surface area contributed by atoms with Gasteiger partial charge in [-0.1, -0.05) is 6.58 Å². The molecule has 0 aromatic carbocycles. The van der Waals surface area contributed by atoms with E-state index in [0.717, 1.165) is 0 Å². The fraction of sp³-hybridized carbons (Fsp3) is 0.250. The van der Waals surface area contributed by atoms with Crippen LogP contribution in [0.1, 0.15) is 0 Å². The summed E-state index contributed by atoms with van der Waals surface area (Å²) >= 11 is 0. The van der Waals surface area contributed by atoms with Crippen LogP contribution in [0.2, 0.25) is 0 Å². The second-order valence-electron chi connectivity index (χ2n) is 1.24. The van der Waals surface area contributed by atoms with Gasteiger partial charge in [0, 0.05) is 0 Å². The first-order chi connectivity index (χ1) is 4.04. The molecule has 50 valence electrons. The van der Waals surface area contributed by atoms with Crippen molar-refractivity contribution in [2.45, 2.75) is 0 Å². The average Bonchev–Trinajstić information content (AvgIpc) is 1.86. The molecule has 0 aliphatic heterocycles. The third-order valence-corrected chi connectivity index (χ3v) is 2.00. The minimum atomic E-state index is -3.55. The van der Waals surface area contributed by atoms with Gasteiger partial charge in [0.1, 0.15) is 6.07 Å². The van der Waals surface area contributed by atoms with E-state index in [-0.39, 0.29) is 0 Å². The lowest BCUT2D eigenvalue weighted by Crippen LogP contribution is -2.18. The summed E-state index contributed by atoms with van der Waals surface area (Å²) in [7, 11) is -2.33. The number of sulfonamides is 1. The molecule has 0 aliphatic carbocycles. The fourth-order valence-electron chi connectivity index (χ4n) is 0.183. The van der Waals surface area contributed by atoms with Crippen LogP contribution in [0, 0.1) is 11.3 Å². The van der Waals surface area contributed by atoms with Crippen LogP contribution in [0.4, 0.5) is 0 Å². The van der Waals surface area contributed by atoms with Crippen molar-refractivity contribution in [1.82, 2.24) is 4.72 Å². The summed E-state index contributed by atoms with van der Waals surface area (Å²) in [5, 5.41) is 8.03. The van der Waals surface area contributed by atoms with Crippen molar-refractivity contribution in [1.29, 1.82) is 5.26 Å². The van der Waals surface area contributed by atoms with E-state index in [1.165, 1.54) is 13.1 Å². The first-order valence-electron chi connectivity index (χ1n) is 2.07. The summed E-state index contributed by atoms with van der Waals surface area (Å²) in [4.78, 5) is -0.468. The standard InChI is InChI=1S/C4H6N2O2S/c1-4(3-5)9(7,8)6-2/h6H,1H2,2H3. The summed E-state index contributed by atoms with van der Waals surface area (Å²) in [6.07, 6.45) is 0.